The van der Waals surface area contributed by atoms with E-state index in [-0.39, 0.29) is 17.5 Å². The molecular weight excluding hydrogens is 304 g/mol. The first-order valence-corrected chi connectivity index (χ1v) is 7.75. The number of aromatic amines is 2. The van der Waals surface area contributed by atoms with Crippen molar-refractivity contribution in [2.24, 2.45) is 0 Å². The Kier molecular flexibility index (Phi) is 4.12. The van der Waals surface area contributed by atoms with Gasteiger partial charge in [-0.25, -0.2) is 4.79 Å². The van der Waals surface area contributed by atoms with Crippen LogP contribution in [0.25, 0.3) is 11.0 Å². The van der Waals surface area contributed by atoms with E-state index in [1.165, 1.54) is 0 Å². The van der Waals surface area contributed by atoms with Gasteiger partial charge in [-0.2, -0.15) is 0 Å². The van der Waals surface area contributed by atoms with Crippen LogP contribution in [0.2, 0.25) is 0 Å². The van der Waals surface area contributed by atoms with E-state index in [0.29, 0.717) is 16.7 Å². The zero-order valence-electron chi connectivity index (χ0n) is 13.9. The van der Waals surface area contributed by atoms with Gasteiger partial charge in [0.25, 0.3) is 0 Å². The number of carbonyl (C=O) groups excluding carboxylic acids is 1. The number of nitrogens with zero attached hydrogens (tertiary/aromatic N) is 1. The van der Waals surface area contributed by atoms with E-state index in [2.05, 4.69) is 15.3 Å². The van der Waals surface area contributed by atoms with Gasteiger partial charge in [0.2, 0.25) is 5.91 Å². The van der Waals surface area contributed by atoms with Crippen LogP contribution < -0.4 is 15.9 Å². The minimum absolute atomic E-state index is 0.0958. The molecule has 3 N–H and O–H groups in total. The standard InChI is InChI=1S/C18H20N4O2/c1-11(12-7-5-4-6-8-12)17(23)19-15-9-13-14(21-18(24)20-13)10-16(15)22(2)3/h4-11H,1-3H3,(H,19,23)(H2,20,21,24)/t11-/m0/s1. The Morgan fingerprint density at radius 1 is 1.08 bits per heavy atom. The third kappa shape index (κ3) is 3.03. The minimum Gasteiger partial charge on any atom is -0.376 e. The minimum atomic E-state index is -0.276. The summed E-state index contributed by atoms with van der Waals surface area (Å²) in [5.74, 6) is -0.372. The lowest BCUT2D eigenvalue weighted by molar-refractivity contribution is -0.117. The van der Waals surface area contributed by atoms with Crippen LogP contribution >= 0.6 is 0 Å². The molecular formula is C18H20N4O2. The maximum atomic E-state index is 12.6. The average molecular weight is 324 g/mol. The predicted molar refractivity (Wildman–Crippen MR) is 96.7 cm³/mol. The molecule has 0 spiro atoms. The molecule has 0 bridgehead atoms. The third-order valence-corrected chi connectivity index (χ3v) is 4.06. The molecule has 0 saturated carbocycles. The van der Waals surface area contributed by atoms with Crippen molar-refractivity contribution < 1.29 is 4.79 Å². The highest BCUT2D eigenvalue weighted by Crippen LogP contribution is 2.29. The monoisotopic (exact) mass is 324 g/mol. The van der Waals surface area contributed by atoms with Crippen molar-refractivity contribution >= 4 is 28.3 Å². The summed E-state index contributed by atoms with van der Waals surface area (Å²) in [4.78, 5) is 31.5. The van der Waals surface area contributed by atoms with Gasteiger partial charge in [-0.05, 0) is 24.6 Å². The molecule has 1 amide bonds. The van der Waals surface area contributed by atoms with Gasteiger partial charge in [0.15, 0.2) is 0 Å². The van der Waals surface area contributed by atoms with Gasteiger partial charge in [-0.3, -0.25) is 4.79 Å². The van der Waals surface area contributed by atoms with Crippen LogP contribution in [0.5, 0.6) is 0 Å². The number of hydrogen-bond acceptors (Lipinski definition) is 3. The number of amides is 1. The zero-order chi connectivity index (χ0) is 17.3. The molecule has 124 valence electrons. The van der Waals surface area contributed by atoms with E-state index >= 15 is 0 Å². The Bertz CT molecular complexity index is 925. The SMILES string of the molecule is C[C@H](C(=O)Nc1cc2[nH]c(=O)[nH]c2cc1N(C)C)c1ccccc1. The number of hydrogen-bond donors (Lipinski definition) is 3. The molecule has 0 aliphatic rings. The van der Waals surface area contributed by atoms with Gasteiger partial charge in [0.05, 0.1) is 28.3 Å². The second-order valence-electron chi connectivity index (χ2n) is 6.01. The van der Waals surface area contributed by atoms with Crippen molar-refractivity contribution in [3.63, 3.8) is 0 Å². The van der Waals surface area contributed by atoms with E-state index in [9.17, 15) is 9.59 Å². The molecule has 1 heterocycles. The Balaban J connectivity index is 1.94. The van der Waals surface area contributed by atoms with Crippen LogP contribution in [0, 0.1) is 0 Å². The maximum Gasteiger partial charge on any atom is 0.323 e. The van der Waals surface area contributed by atoms with Crippen molar-refractivity contribution in [3.05, 3.63) is 58.5 Å². The van der Waals surface area contributed by atoms with Gasteiger partial charge < -0.3 is 20.2 Å². The Hall–Kier alpha value is -3.02. The lowest BCUT2D eigenvalue weighted by atomic mass is 10.0. The largest absolute Gasteiger partial charge is 0.376 e. The highest BCUT2D eigenvalue weighted by atomic mass is 16.2. The van der Waals surface area contributed by atoms with E-state index < -0.39 is 0 Å². The second-order valence-corrected chi connectivity index (χ2v) is 6.01. The number of anilines is 2. The number of aromatic nitrogens is 2. The number of H-pyrrole nitrogens is 2. The molecule has 0 aliphatic carbocycles. The van der Waals surface area contributed by atoms with Crippen molar-refractivity contribution in [1.82, 2.24) is 9.97 Å². The summed E-state index contributed by atoms with van der Waals surface area (Å²) in [7, 11) is 3.78. The summed E-state index contributed by atoms with van der Waals surface area (Å²) >= 11 is 0. The second kappa shape index (κ2) is 6.23. The molecule has 6 heteroatoms. The first-order chi connectivity index (χ1) is 11.5. The van der Waals surface area contributed by atoms with Gasteiger partial charge in [-0.1, -0.05) is 30.3 Å². The molecule has 3 rings (SSSR count). The first-order valence-electron chi connectivity index (χ1n) is 7.75. The fraction of sp³-hybridized carbons (Fsp3) is 0.222. The molecule has 0 radical (unpaired) electrons. The fourth-order valence-corrected chi connectivity index (χ4v) is 2.68. The summed E-state index contributed by atoms with van der Waals surface area (Å²) in [5.41, 5.74) is 3.54. The Morgan fingerprint density at radius 2 is 1.71 bits per heavy atom. The van der Waals surface area contributed by atoms with Crippen molar-refractivity contribution in [2.45, 2.75) is 12.8 Å². The van der Waals surface area contributed by atoms with Crippen molar-refractivity contribution in [1.29, 1.82) is 0 Å². The molecule has 1 atom stereocenters. The third-order valence-electron chi connectivity index (χ3n) is 4.06. The van der Waals surface area contributed by atoms with Crippen LogP contribution in [-0.2, 0) is 4.79 Å². The van der Waals surface area contributed by atoms with Crippen LogP contribution in [0.1, 0.15) is 18.4 Å². The summed E-state index contributed by atoms with van der Waals surface area (Å²) < 4.78 is 0. The van der Waals surface area contributed by atoms with Crippen LogP contribution in [-0.4, -0.2) is 30.0 Å². The summed E-state index contributed by atoms with van der Waals surface area (Å²) in [6.07, 6.45) is 0. The van der Waals surface area contributed by atoms with Crippen LogP contribution in [0.15, 0.2) is 47.3 Å². The summed E-state index contributed by atoms with van der Waals surface area (Å²) in [5, 5.41) is 2.97. The zero-order valence-corrected chi connectivity index (χ0v) is 13.9. The smallest absolute Gasteiger partial charge is 0.323 e. The van der Waals surface area contributed by atoms with E-state index in [1.54, 1.807) is 6.07 Å². The van der Waals surface area contributed by atoms with Gasteiger partial charge in [0.1, 0.15) is 0 Å². The van der Waals surface area contributed by atoms with Gasteiger partial charge in [0, 0.05) is 14.1 Å². The molecule has 2 aromatic carbocycles. The summed E-state index contributed by atoms with van der Waals surface area (Å²) in [6.45, 7) is 1.87. The number of benzene rings is 2. The normalized spacial score (nSPS) is 12.1. The number of carbonyl (C=O) groups is 1. The molecule has 0 aliphatic heterocycles. The molecule has 3 aromatic rings. The maximum absolute atomic E-state index is 12.6. The molecule has 24 heavy (non-hydrogen) atoms. The molecule has 0 fully saturated rings. The quantitative estimate of drug-likeness (QED) is 0.690. The van der Waals surface area contributed by atoms with Crippen molar-refractivity contribution in [2.75, 3.05) is 24.3 Å². The Labute approximate surface area is 139 Å². The average Bonchev–Trinajstić information content (AvgIpc) is 2.93. The van der Waals surface area contributed by atoms with Gasteiger partial charge in [-0.15, -0.1) is 0 Å². The van der Waals surface area contributed by atoms with Gasteiger partial charge >= 0.3 is 5.69 Å². The number of imidazole rings is 1. The highest BCUT2D eigenvalue weighted by molar-refractivity contribution is 6.01. The van der Waals surface area contributed by atoms with E-state index in [4.69, 9.17) is 0 Å². The molecule has 6 nitrogen and oxygen atoms in total. The predicted octanol–water partition coefficient (Wildman–Crippen LogP) is 2.66. The number of nitrogens with one attached hydrogen (secondary N) is 3. The fourth-order valence-electron chi connectivity index (χ4n) is 2.68. The lowest BCUT2D eigenvalue weighted by Gasteiger charge is -2.20. The first kappa shape index (κ1) is 15.9. The summed E-state index contributed by atoms with van der Waals surface area (Å²) in [6, 6.07) is 13.2. The number of fused-ring (bicyclic) bond motifs is 1. The van der Waals surface area contributed by atoms with Crippen molar-refractivity contribution in [3.8, 4) is 0 Å². The highest BCUT2D eigenvalue weighted by Gasteiger charge is 2.18. The lowest BCUT2D eigenvalue weighted by Crippen LogP contribution is -2.21. The van der Waals surface area contributed by atoms with Crippen LogP contribution in [0.4, 0.5) is 11.4 Å². The molecule has 1 aromatic heterocycles. The Morgan fingerprint density at radius 3 is 2.33 bits per heavy atom. The van der Waals surface area contributed by atoms with Crippen LogP contribution in [0.3, 0.4) is 0 Å². The molecule has 0 saturated heterocycles. The topological polar surface area (TPSA) is 81.0 Å². The molecule has 0 unspecified atom stereocenters. The number of rotatable bonds is 4. The van der Waals surface area contributed by atoms with E-state index in [0.717, 1.165) is 11.3 Å². The van der Waals surface area contributed by atoms with E-state index in [1.807, 2.05) is 62.3 Å².